The molecule has 4 atom stereocenters. The van der Waals surface area contributed by atoms with Gasteiger partial charge in [-0.15, -0.1) is 0 Å². The molecule has 0 aromatic rings. The van der Waals surface area contributed by atoms with E-state index in [-0.39, 0.29) is 35.9 Å². The molecule has 2 heterocycles. The Balaban J connectivity index is 2.19. The molecule has 0 saturated carbocycles. The number of esters is 2. The van der Waals surface area contributed by atoms with E-state index in [0.29, 0.717) is 0 Å². The average molecular weight is 213 g/mol. The second-order valence-electron chi connectivity index (χ2n) is 4.05. The molecule has 2 rings (SSSR count). The normalized spacial score (nSPS) is 37.7. The molecule has 0 spiro atoms. The van der Waals surface area contributed by atoms with Gasteiger partial charge in [0.2, 0.25) is 0 Å². The fourth-order valence-corrected chi connectivity index (χ4v) is 2.76. The van der Waals surface area contributed by atoms with Crippen LogP contribution in [0.5, 0.6) is 0 Å². The Morgan fingerprint density at radius 1 is 1.00 bits per heavy atom. The van der Waals surface area contributed by atoms with Crippen LogP contribution in [0.2, 0.25) is 0 Å². The van der Waals surface area contributed by atoms with E-state index in [1.54, 1.807) is 0 Å². The van der Waals surface area contributed by atoms with Gasteiger partial charge in [0.25, 0.3) is 0 Å². The molecule has 0 radical (unpaired) electrons. The first-order valence-electron chi connectivity index (χ1n) is 5.10. The summed E-state index contributed by atoms with van der Waals surface area (Å²) in [6.07, 6.45) is 1.86. The Labute approximate surface area is 88.1 Å². The van der Waals surface area contributed by atoms with Crippen LogP contribution in [0.4, 0.5) is 0 Å². The smallest absolute Gasteiger partial charge is 0.311 e. The van der Waals surface area contributed by atoms with E-state index in [1.807, 2.05) is 0 Å². The van der Waals surface area contributed by atoms with Crippen molar-refractivity contribution >= 4 is 11.9 Å². The van der Waals surface area contributed by atoms with Crippen molar-refractivity contribution in [2.75, 3.05) is 14.2 Å². The summed E-state index contributed by atoms with van der Waals surface area (Å²) in [6, 6.07) is 0.151. The van der Waals surface area contributed by atoms with Gasteiger partial charge in [-0.1, -0.05) is 0 Å². The van der Waals surface area contributed by atoms with Crippen molar-refractivity contribution in [2.24, 2.45) is 11.8 Å². The predicted octanol–water partition coefficient (Wildman–Crippen LogP) is -0.301. The van der Waals surface area contributed by atoms with E-state index in [0.717, 1.165) is 12.8 Å². The zero-order valence-corrected chi connectivity index (χ0v) is 8.86. The number of carbonyl (C=O) groups excluding carboxylic acids is 2. The lowest BCUT2D eigenvalue weighted by Gasteiger charge is -2.24. The van der Waals surface area contributed by atoms with Gasteiger partial charge in [-0.3, -0.25) is 9.59 Å². The van der Waals surface area contributed by atoms with Crippen LogP contribution in [-0.4, -0.2) is 38.2 Å². The molecule has 5 nitrogen and oxygen atoms in total. The van der Waals surface area contributed by atoms with Crippen molar-refractivity contribution in [3.05, 3.63) is 0 Å². The lowest BCUT2D eigenvalue weighted by molar-refractivity contribution is -0.157. The summed E-state index contributed by atoms with van der Waals surface area (Å²) in [5, 5.41) is 3.26. The number of rotatable bonds is 2. The third kappa shape index (κ3) is 1.51. The lowest BCUT2D eigenvalue weighted by atomic mass is 9.79. The van der Waals surface area contributed by atoms with Crippen molar-refractivity contribution in [3.8, 4) is 0 Å². The van der Waals surface area contributed by atoms with Crippen LogP contribution < -0.4 is 5.32 Å². The van der Waals surface area contributed by atoms with Gasteiger partial charge < -0.3 is 14.8 Å². The Hall–Kier alpha value is -1.10. The standard InChI is InChI=1S/C10H15NO4/c1-14-9(12)7-5-3-4-6(11-5)8(7)10(13)15-2/h5-8,11H,3-4H2,1-2H3/t5-,6-,7?,8?/m1/s1. The Kier molecular flexibility index (Phi) is 2.65. The van der Waals surface area contributed by atoms with Crippen LogP contribution in [0.3, 0.4) is 0 Å². The molecule has 1 N–H and O–H groups in total. The maximum atomic E-state index is 11.6. The molecule has 2 unspecified atom stereocenters. The molecule has 2 saturated heterocycles. The summed E-state index contributed by atoms with van der Waals surface area (Å²) in [5.41, 5.74) is 0. The van der Waals surface area contributed by atoms with E-state index < -0.39 is 0 Å². The summed E-state index contributed by atoms with van der Waals surface area (Å²) in [6.45, 7) is 0. The fraction of sp³-hybridized carbons (Fsp3) is 0.800. The summed E-state index contributed by atoms with van der Waals surface area (Å²) in [7, 11) is 2.70. The fourth-order valence-electron chi connectivity index (χ4n) is 2.76. The third-order valence-corrected chi connectivity index (χ3v) is 3.42. The molecule has 0 aromatic carbocycles. The average Bonchev–Trinajstić information content (AvgIpc) is 2.86. The summed E-state index contributed by atoms with van der Waals surface area (Å²) >= 11 is 0. The first kappa shape index (κ1) is 10.4. The number of methoxy groups -OCH3 is 2. The third-order valence-electron chi connectivity index (χ3n) is 3.42. The highest BCUT2D eigenvalue weighted by molar-refractivity contribution is 5.84. The lowest BCUT2D eigenvalue weighted by Crippen LogP contribution is -2.39. The van der Waals surface area contributed by atoms with Crippen molar-refractivity contribution < 1.29 is 19.1 Å². The van der Waals surface area contributed by atoms with Gasteiger partial charge in [0.1, 0.15) is 0 Å². The van der Waals surface area contributed by atoms with Crippen LogP contribution in [0, 0.1) is 11.8 Å². The monoisotopic (exact) mass is 213 g/mol. The van der Waals surface area contributed by atoms with Crippen LogP contribution in [-0.2, 0) is 19.1 Å². The van der Waals surface area contributed by atoms with Gasteiger partial charge in [-0.05, 0) is 12.8 Å². The maximum Gasteiger partial charge on any atom is 0.311 e. The maximum absolute atomic E-state index is 11.6. The van der Waals surface area contributed by atoms with Gasteiger partial charge in [-0.25, -0.2) is 0 Å². The minimum atomic E-state index is -0.374. The van der Waals surface area contributed by atoms with Crippen LogP contribution in [0.25, 0.3) is 0 Å². The molecule has 2 aliphatic heterocycles. The second-order valence-corrected chi connectivity index (χ2v) is 4.05. The number of ether oxygens (including phenoxy) is 2. The molecule has 0 amide bonds. The number of fused-ring (bicyclic) bond motifs is 2. The molecule has 5 heteroatoms. The molecule has 15 heavy (non-hydrogen) atoms. The highest BCUT2D eigenvalue weighted by atomic mass is 16.5. The molecular formula is C10H15NO4. The van der Waals surface area contributed by atoms with Crippen molar-refractivity contribution in [2.45, 2.75) is 24.9 Å². The summed E-state index contributed by atoms with van der Waals surface area (Å²) in [5.74, 6) is -1.38. The summed E-state index contributed by atoms with van der Waals surface area (Å²) < 4.78 is 9.45. The van der Waals surface area contributed by atoms with Gasteiger partial charge in [0.05, 0.1) is 26.1 Å². The number of hydrogen-bond donors (Lipinski definition) is 1. The number of nitrogens with one attached hydrogen (secondary N) is 1. The zero-order chi connectivity index (χ0) is 11.0. The van der Waals surface area contributed by atoms with E-state index in [4.69, 9.17) is 9.47 Å². The highest BCUT2D eigenvalue weighted by Gasteiger charge is 2.54. The molecule has 2 fully saturated rings. The molecule has 84 valence electrons. The quantitative estimate of drug-likeness (QED) is 0.638. The van der Waals surface area contributed by atoms with E-state index in [9.17, 15) is 9.59 Å². The molecule has 0 aliphatic carbocycles. The topological polar surface area (TPSA) is 64.6 Å². The predicted molar refractivity (Wildman–Crippen MR) is 51.0 cm³/mol. The number of hydrogen-bond acceptors (Lipinski definition) is 5. The van der Waals surface area contributed by atoms with E-state index in [2.05, 4.69) is 5.32 Å². The van der Waals surface area contributed by atoms with Gasteiger partial charge >= 0.3 is 11.9 Å². The van der Waals surface area contributed by atoms with E-state index >= 15 is 0 Å². The first-order valence-corrected chi connectivity index (χ1v) is 5.10. The Morgan fingerprint density at radius 3 is 1.73 bits per heavy atom. The van der Waals surface area contributed by atoms with E-state index in [1.165, 1.54) is 14.2 Å². The Bertz CT molecular complexity index is 263. The van der Waals surface area contributed by atoms with Gasteiger partial charge in [0.15, 0.2) is 0 Å². The molecule has 2 bridgehead atoms. The van der Waals surface area contributed by atoms with Gasteiger partial charge in [0, 0.05) is 12.1 Å². The minimum Gasteiger partial charge on any atom is -0.469 e. The Morgan fingerprint density at radius 2 is 1.40 bits per heavy atom. The molecular weight excluding hydrogens is 198 g/mol. The van der Waals surface area contributed by atoms with Crippen LogP contribution in [0.1, 0.15) is 12.8 Å². The highest BCUT2D eigenvalue weighted by Crippen LogP contribution is 2.39. The first-order chi connectivity index (χ1) is 7.19. The zero-order valence-electron chi connectivity index (χ0n) is 8.86. The SMILES string of the molecule is COC(=O)C1C(C(=O)OC)[C@H]2CC[C@H]1N2. The van der Waals surface area contributed by atoms with Crippen LogP contribution >= 0.6 is 0 Å². The minimum absolute atomic E-state index is 0.0755. The van der Waals surface area contributed by atoms with Crippen molar-refractivity contribution in [1.29, 1.82) is 0 Å². The molecule has 2 aliphatic rings. The second kappa shape index (κ2) is 3.81. The number of carbonyl (C=O) groups is 2. The van der Waals surface area contributed by atoms with Gasteiger partial charge in [-0.2, -0.15) is 0 Å². The van der Waals surface area contributed by atoms with Crippen molar-refractivity contribution in [3.63, 3.8) is 0 Å². The molecule has 0 aromatic heterocycles. The largest absolute Gasteiger partial charge is 0.469 e. The van der Waals surface area contributed by atoms with Crippen molar-refractivity contribution in [1.82, 2.24) is 5.32 Å². The summed E-state index contributed by atoms with van der Waals surface area (Å²) in [4.78, 5) is 23.1. The van der Waals surface area contributed by atoms with Crippen LogP contribution in [0.15, 0.2) is 0 Å².